The molecule has 2 aliphatic rings. The first kappa shape index (κ1) is 28.3. The molecule has 0 radical (unpaired) electrons. The second-order valence-corrected chi connectivity index (χ2v) is 11.9. The lowest BCUT2D eigenvalue weighted by Gasteiger charge is -2.29. The molecule has 10 nitrogen and oxygen atoms in total. The number of aromatic nitrogens is 1. The molecule has 2 heterocycles. The lowest BCUT2D eigenvalue weighted by Crippen LogP contribution is -2.43. The Hall–Kier alpha value is -4.22. The van der Waals surface area contributed by atoms with Crippen LogP contribution in [-0.4, -0.2) is 42.1 Å². The minimum atomic E-state index is -3.83. The van der Waals surface area contributed by atoms with E-state index in [1.165, 1.54) is 35.4 Å². The van der Waals surface area contributed by atoms with Crippen molar-refractivity contribution in [2.45, 2.75) is 49.6 Å². The van der Waals surface area contributed by atoms with Gasteiger partial charge in [-0.25, -0.2) is 13.4 Å². The van der Waals surface area contributed by atoms with Crippen LogP contribution in [0.5, 0.6) is 0 Å². The van der Waals surface area contributed by atoms with Gasteiger partial charge in [0.25, 0.3) is 27.7 Å². The zero-order valence-corrected chi connectivity index (χ0v) is 23.5. The number of sulfonamides is 1. The molecule has 2 aromatic carbocycles. The number of pyridine rings is 1. The summed E-state index contributed by atoms with van der Waals surface area (Å²) in [5.41, 5.74) is 1.69. The number of imide groups is 1. The predicted molar refractivity (Wildman–Crippen MR) is 154 cm³/mol. The minimum absolute atomic E-state index is 0.0255. The van der Waals surface area contributed by atoms with Gasteiger partial charge in [-0.3, -0.25) is 24.0 Å². The van der Waals surface area contributed by atoms with E-state index >= 15 is 0 Å². The Labute approximate surface area is 242 Å². The highest BCUT2D eigenvalue weighted by atomic mass is 35.5. The van der Waals surface area contributed by atoms with Gasteiger partial charge in [0, 0.05) is 30.0 Å². The molecule has 0 saturated heterocycles. The number of anilines is 2. The first-order valence-corrected chi connectivity index (χ1v) is 15.0. The van der Waals surface area contributed by atoms with Gasteiger partial charge >= 0.3 is 0 Å². The lowest BCUT2D eigenvalue weighted by atomic mass is 9.94. The van der Waals surface area contributed by atoms with Gasteiger partial charge in [-0.15, -0.1) is 0 Å². The van der Waals surface area contributed by atoms with Crippen molar-refractivity contribution in [1.82, 2.24) is 15.2 Å². The van der Waals surface area contributed by atoms with E-state index in [4.69, 9.17) is 11.6 Å². The van der Waals surface area contributed by atoms with Crippen molar-refractivity contribution in [3.63, 3.8) is 0 Å². The molecule has 1 aliphatic heterocycles. The summed E-state index contributed by atoms with van der Waals surface area (Å²) in [6.07, 6.45) is 6.15. The van der Waals surface area contributed by atoms with Crippen molar-refractivity contribution in [3.05, 3.63) is 94.8 Å². The van der Waals surface area contributed by atoms with Crippen LogP contribution in [0.3, 0.4) is 0 Å². The average molecular weight is 594 g/mol. The number of hydrogen-bond donors (Lipinski definition) is 3. The number of nitrogens with one attached hydrogen (secondary N) is 3. The van der Waals surface area contributed by atoms with Crippen LogP contribution in [-0.2, 0) is 26.2 Å². The Morgan fingerprint density at radius 1 is 0.927 bits per heavy atom. The van der Waals surface area contributed by atoms with Crippen LogP contribution in [0.1, 0.15) is 48.0 Å². The quantitative estimate of drug-likeness (QED) is 0.313. The summed E-state index contributed by atoms with van der Waals surface area (Å²) >= 11 is 6.23. The normalized spacial score (nSPS) is 16.2. The van der Waals surface area contributed by atoms with Gasteiger partial charge in [-0.2, -0.15) is 0 Å². The van der Waals surface area contributed by atoms with Crippen molar-refractivity contribution in [1.29, 1.82) is 0 Å². The van der Waals surface area contributed by atoms with Gasteiger partial charge in [0.05, 0.1) is 4.90 Å². The van der Waals surface area contributed by atoms with Gasteiger partial charge in [-0.1, -0.05) is 49.1 Å². The van der Waals surface area contributed by atoms with E-state index in [0.717, 1.165) is 37.7 Å². The largest absolute Gasteiger partial charge is 0.375 e. The van der Waals surface area contributed by atoms with Crippen molar-refractivity contribution in [3.8, 4) is 0 Å². The highest BCUT2D eigenvalue weighted by molar-refractivity contribution is 7.92. The summed E-state index contributed by atoms with van der Waals surface area (Å²) < 4.78 is 27.5. The number of nitrogens with zero attached hydrogens (tertiary/aromatic N) is 2. The van der Waals surface area contributed by atoms with Crippen molar-refractivity contribution < 1.29 is 22.8 Å². The van der Waals surface area contributed by atoms with Crippen molar-refractivity contribution >= 4 is 50.9 Å². The summed E-state index contributed by atoms with van der Waals surface area (Å²) in [5.74, 6) is -1.02. The van der Waals surface area contributed by atoms with E-state index in [1.807, 2.05) is 0 Å². The van der Waals surface area contributed by atoms with E-state index in [0.29, 0.717) is 11.3 Å². The highest BCUT2D eigenvalue weighted by Crippen LogP contribution is 2.31. The third-order valence-electron chi connectivity index (χ3n) is 7.01. The highest BCUT2D eigenvalue weighted by Gasteiger charge is 2.41. The minimum Gasteiger partial charge on any atom is -0.375 e. The number of halogens is 1. The molecule has 0 atom stereocenters. The fourth-order valence-corrected chi connectivity index (χ4v) is 6.10. The van der Waals surface area contributed by atoms with Crippen LogP contribution in [0, 0.1) is 0 Å². The Morgan fingerprint density at radius 3 is 2.29 bits per heavy atom. The molecule has 1 aromatic heterocycles. The third kappa shape index (κ3) is 6.41. The predicted octanol–water partition coefficient (Wildman–Crippen LogP) is 4.38. The number of amides is 3. The van der Waals surface area contributed by atoms with Crippen LogP contribution in [0.15, 0.2) is 88.6 Å². The van der Waals surface area contributed by atoms with Crippen molar-refractivity contribution in [2.24, 2.45) is 0 Å². The molecule has 212 valence electrons. The summed E-state index contributed by atoms with van der Waals surface area (Å²) in [6.45, 7) is 0.244. The molecule has 0 bridgehead atoms. The Bertz CT molecular complexity index is 1590. The van der Waals surface area contributed by atoms with Crippen molar-refractivity contribution in [2.75, 3.05) is 10.0 Å². The second kappa shape index (κ2) is 12.1. The Morgan fingerprint density at radius 2 is 1.63 bits per heavy atom. The van der Waals surface area contributed by atoms with E-state index in [2.05, 4.69) is 20.3 Å². The fraction of sp³-hybridized carbons (Fsp3) is 0.241. The van der Waals surface area contributed by atoms with Crippen LogP contribution in [0.4, 0.5) is 11.5 Å². The standard InChI is InChI=1S/C29H28ClN5O5S/c30-25-26(29(38)35(28(25)37)22-6-2-1-3-7-22)32-18-19-9-11-20(12-10-19)27(36)33-21-13-15-23(16-14-21)41(39,40)34-24-8-4-5-17-31-24/h4-5,8-17,22,32H,1-3,6-7,18H2,(H,31,34)(H,33,36). The Kier molecular flexibility index (Phi) is 8.36. The summed E-state index contributed by atoms with van der Waals surface area (Å²) in [6, 6.07) is 17.3. The molecule has 41 heavy (non-hydrogen) atoms. The van der Waals surface area contributed by atoms with E-state index in [1.54, 1.807) is 42.5 Å². The zero-order chi connectivity index (χ0) is 29.0. The number of hydrogen-bond acceptors (Lipinski definition) is 7. The van der Waals surface area contributed by atoms with Gasteiger partial charge in [-0.05, 0) is 66.9 Å². The molecule has 3 amide bonds. The number of rotatable bonds is 9. The number of carbonyl (C=O) groups is 3. The molecule has 1 saturated carbocycles. The monoisotopic (exact) mass is 593 g/mol. The van der Waals surface area contributed by atoms with Gasteiger partial charge in [0.1, 0.15) is 16.5 Å². The summed E-state index contributed by atoms with van der Waals surface area (Å²) in [7, 11) is -3.83. The van der Waals surface area contributed by atoms with Gasteiger partial charge in [0.15, 0.2) is 0 Å². The zero-order valence-electron chi connectivity index (χ0n) is 22.0. The van der Waals surface area contributed by atoms with E-state index in [9.17, 15) is 22.8 Å². The van der Waals surface area contributed by atoms with E-state index in [-0.39, 0.29) is 39.9 Å². The molecular weight excluding hydrogens is 566 g/mol. The fourth-order valence-electron chi connectivity index (χ4n) is 4.85. The van der Waals surface area contributed by atoms with Gasteiger partial charge in [0.2, 0.25) is 0 Å². The second-order valence-electron chi connectivity index (χ2n) is 9.81. The van der Waals surface area contributed by atoms with Crippen LogP contribution in [0.25, 0.3) is 0 Å². The molecule has 0 unspecified atom stereocenters. The van der Waals surface area contributed by atoms with Crippen LogP contribution < -0.4 is 15.4 Å². The molecule has 5 rings (SSSR count). The van der Waals surface area contributed by atoms with Crippen LogP contribution in [0.2, 0.25) is 0 Å². The molecular formula is C29H28ClN5O5S. The summed E-state index contributed by atoms with van der Waals surface area (Å²) in [5, 5.41) is 5.64. The SMILES string of the molecule is O=C(Nc1ccc(S(=O)(=O)Nc2ccccn2)cc1)c1ccc(CNC2=C(Cl)C(=O)N(C3CCCCC3)C2=O)cc1. The maximum Gasteiger partial charge on any atom is 0.278 e. The third-order valence-corrected chi connectivity index (χ3v) is 8.73. The lowest BCUT2D eigenvalue weighted by molar-refractivity contribution is -0.140. The maximum absolute atomic E-state index is 12.9. The first-order valence-electron chi connectivity index (χ1n) is 13.2. The first-order chi connectivity index (χ1) is 19.7. The smallest absolute Gasteiger partial charge is 0.278 e. The van der Waals surface area contributed by atoms with E-state index < -0.39 is 21.8 Å². The van der Waals surface area contributed by atoms with Gasteiger partial charge < -0.3 is 10.6 Å². The topological polar surface area (TPSA) is 138 Å². The molecule has 3 N–H and O–H groups in total. The molecule has 3 aromatic rings. The molecule has 1 aliphatic carbocycles. The van der Waals surface area contributed by atoms with Crippen LogP contribution >= 0.6 is 11.6 Å². The molecule has 1 fully saturated rings. The average Bonchev–Trinajstić information content (AvgIpc) is 3.19. The number of benzene rings is 2. The number of carbonyl (C=O) groups excluding carboxylic acids is 3. The Balaban J connectivity index is 1.16. The molecule has 0 spiro atoms. The summed E-state index contributed by atoms with van der Waals surface area (Å²) in [4.78, 5) is 43.6. The maximum atomic E-state index is 12.9. The molecule has 12 heteroatoms.